The van der Waals surface area contributed by atoms with Crippen LogP contribution in [0.15, 0.2) is 66.2 Å². The second kappa shape index (κ2) is 5.51. The molecular weight excluding hydrogens is 252 g/mol. The van der Waals surface area contributed by atoms with Crippen molar-refractivity contribution in [1.29, 1.82) is 0 Å². The summed E-state index contributed by atoms with van der Waals surface area (Å²) >= 11 is 1.83. The Morgan fingerprint density at radius 2 is 1.74 bits per heavy atom. The van der Waals surface area contributed by atoms with Crippen LogP contribution >= 0.6 is 11.8 Å². The van der Waals surface area contributed by atoms with E-state index in [9.17, 15) is 0 Å². The average molecular weight is 268 g/mol. The minimum absolute atomic E-state index is 0.324. The van der Waals surface area contributed by atoms with Gasteiger partial charge < -0.3 is 10.6 Å². The zero-order chi connectivity index (χ0) is 13.1. The molecule has 1 heterocycles. The SMILES string of the molecule is NCc1ccc(N2C=CSC2c2ccccc2)cc1. The lowest BCUT2D eigenvalue weighted by molar-refractivity contribution is 0.955. The molecule has 3 rings (SSSR count). The standard InChI is InChI=1S/C16H16N2S/c17-12-13-6-8-15(9-7-13)18-10-11-19-16(18)14-4-2-1-3-5-14/h1-11,16H,12,17H2. The Morgan fingerprint density at radius 1 is 1.00 bits per heavy atom. The van der Waals surface area contributed by atoms with Gasteiger partial charge in [-0.2, -0.15) is 0 Å². The molecule has 0 saturated heterocycles. The van der Waals surface area contributed by atoms with Crippen molar-refractivity contribution in [2.24, 2.45) is 5.73 Å². The molecule has 19 heavy (non-hydrogen) atoms. The molecule has 3 heteroatoms. The average Bonchev–Trinajstić information content (AvgIpc) is 2.98. The third-order valence-electron chi connectivity index (χ3n) is 3.24. The van der Waals surface area contributed by atoms with Gasteiger partial charge in [0.1, 0.15) is 5.37 Å². The molecule has 0 bridgehead atoms. The number of nitrogens with two attached hydrogens (primary N) is 1. The maximum atomic E-state index is 5.64. The third kappa shape index (κ3) is 2.53. The molecule has 2 N–H and O–H groups in total. The summed E-state index contributed by atoms with van der Waals surface area (Å²) in [6.07, 6.45) is 2.14. The van der Waals surface area contributed by atoms with E-state index in [-0.39, 0.29) is 0 Å². The Bertz CT molecular complexity index is 563. The van der Waals surface area contributed by atoms with Crippen molar-refractivity contribution >= 4 is 17.4 Å². The van der Waals surface area contributed by atoms with Gasteiger partial charge in [-0.15, -0.1) is 11.8 Å². The predicted octanol–water partition coefficient (Wildman–Crippen LogP) is 3.87. The number of hydrogen-bond acceptors (Lipinski definition) is 3. The van der Waals surface area contributed by atoms with Crippen molar-refractivity contribution in [3.05, 3.63) is 77.3 Å². The quantitative estimate of drug-likeness (QED) is 0.916. The number of rotatable bonds is 3. The van der Waals surface area contributed by atoms with Crippen LogP contribution in [0.4, 0.5) is 5.69 Å². The molecule has 1 aliphatic rings. The van der Waals surface area contributed by atoms with Crippen LogP contribution in [0.25, 0.3) is 0 Å². The summed E-state index contributed by atoms with van der Waals surface area (Å²) in [5.74, 6) is 0. The number of benzene rings is 2. The Hall–Kier alpha value is -1.71. The maximum Gasteiger partial charge on any atom is 0.109 e. The number of nitrogens with zero attached hydrogens (tertiary/aromatic N) is 1. The molecule has 1 aliphatic heterocycles. The van der Waals surface area contributed by atoms with Gasteiger partial charge in [-0.3, -0.25) is 0 Å². The molecule has 0 amide bonds. The Kier molecular flexibility index (Phi) is 3.58. The largest absolute Gasteiger partial charge is 0.331 e. The van der Waals surface area contributed by atoms with E-state index in [1.54, 1.807) is 0 Å². The van der Waals surface area contributed by atoms with Crippen LogP contribution in [0.1, 0.15) is 16.5 Å². The molecule has 1 unspecified atom stereocenters. The molecule has 0 spiro atoms. The third-order valence-corrected chi connectivity index (χ3v) is 4.27. The normalized spacial score (nSPS) is 17.9. The molecule has 0 fully saturated rings. The van der Waals surface area contributed by atoms with Gasteiger partial charge in [-0.25, -0.2) is 0 Å². The van der Waals surface area contributed by atoms with Crippen molar-refractivity contribution in [3.8, 4) is 0 Å². The van der Waals surface area contributed by atoms with E-state index in [0.717, 1.165) is 5.56 Å². The predicted molar refractivity (Wildman–Crippen MR) is 82.7 cm³/mol. The van der Waals surface area contributed by atoms with Crippen molar-refractivity contribution in [2.45, 2.75) is 11.9 Å². The highest BCUT2D eigenvalue weighted by atomic mass is 32.2. The molecule has 0 radical (unpaired) electrons. The summed E-state index contributed by atoms with van der Waals surface area (Å²) in [5, 5.41) is 2.47. The molecule has 96 valence electrons. The lowest BCUT2D eigenvalue weighted by Crippen LogP contribution is -2.16. The first-order valence-corrected chi connectivity index (χ1v) is 7.27. The molecule has 2 aromatic carbocycles. The van der Waals surface area contributed by atoms with E-state index in [4.69, 9.17) is 5.73 Å². The minimum Gasteiger partial charge on any atom is -0.331 e. The van der Waals surface area contributed by atoms with Crippen LogP contribution in [-0.2, 0) is 6.54 Å². The topological polar surface area (TPSA) is 29.3 Å². The van der Waals surface area contributed by atoms with Gasteiger partial charge in [-0.05, 0) is 28.7 Å². The zero-order valence-corrected chi connectivity index (χ0v) is 11.4. The van der Waals surface area contributed by atoms with Gasteiger partial charge in [0.25, 0.3) is 0 Å². The molecule has 1 atom stereocenters. The smallest absolute Gasteiger partial charge is 0.109 e. The highest BCUT2D eigenvalue weighted by molar-refractivity contribution is 8.02. The second-order valence-corrected chi connectivity index (χ2v) is 5.45. The summed E-state index contributed by atoms with van der Waals surface area (Å²) in [7, 11) is 0. The van der Waals surface area contributed by atoms with Gasteiger partial charge in [0.15, 0.2) is 0 Å². The Labute approximate surface area is 117 Å². The first-order chi connectivity index (χ1) is 9.38. The van der Waals surface area contributed by atoms with E-state index in [0.29, 0.717) is 11.9 Å². The number of anilines is 1. The molecule has 2 nitrogen and oxygen atoms in total. The van der Waals surface area contributed by atoms with Crippen LogP contribution in [-0.4, -0.2) is 0 Å². The van der Waals surface area contributed by atoms with Crippen LogP contribution in [0.3, 0.4) is 0 Å². The molecule has 0 saturated carbocycles. The van der Waals surface area contributed by atoms with E-state index < -0.39 is 0 Å². The monoisotopic (exact) mass is 268 g/mol. The zero-order valence-electron chi connectivity index (χ0n) is 10.6. The van der Waals surface area contributed by atoms with Gasteiger partial charge in [-0.1, -0.05) is 42.5 Å². The summed E-state index contributed by atoms with van der Waals surface area (Å²) in [5.41, 5.74) is 9.32. The van der Waals surface area contributed by atoms with Crippen molar-refractivity contribution in [3.63, 3.8) is 0 Å². The molecule has 0 aliphatic carbocycles. The Morgan fingerprint density at radius 3 is 2.42 bits per heavy atom. The summed E-state index contributed by atoms with van der Waals surface area (Å²) in [6, 6.07) is 19.0. The first-order valence-electron chi connectivity index (χ1n) is 6.33. The molecular formula is C16H16N2S. The maximum absolute atomic E-state index is 5.64. The van der Waals surface area contributed by atoms with Crippen molar-refractivity contribution < 1.29 is 0 Å². The first kappa shape index (κ1) is 12.3. The molecule has 0 aromatic heterocycles. The van der Waals surface area contributed by atoms with Gasteiger partial charge in [0.05, 0.1) is 0 Å². The van der Waals surface area contributed by atoms with Crippen LogP contribution in [0, 0.1) is 0 Å². The fourth-order valence-electron chi connectivity index (χ4n) is 2.20. The number of thioether (sulfide) groups is 1. The summed E-state index contributed by atoms with van der Waals surface area (Å²) < 4.78 is 0. The summed E-state index contributed by atoms with van der Waals surface area (Å²) in [6.45, 7) is 0.590. The second-order valence-electron chi connectivity index (χ2n) is 4.46. The lowest BCUT2D eigenvalue weighted by atomic mass is 10.1. The van der Waals surface area contributed by atoms with Crippen LogP contribution in [0.2, 0.25) is 0 Å². The van der Waals surface area contributed by atoms with Gasteiger partial charge >= 0.3 is 0 Å². The molecule has 2 aromatic rings. The van der Waals surface area contributed by atoms with Crippen LogP contribution in [0.5, 0.6) is 0 Å². The van der Waals surface area contributed by atoms with Gasteiger partial charge in [0, 0.05) is 18.4 Å². The van der Waals surface area contributed by atoms with Crippen LogP contribution < -0.4 is 10.6 Å². The van der Waals surface area contributed by atoms with E-state index in [1.165, 1.54) is 11.3 Å². The van der Waals surface area contributed by atoms with Gasteiger partial charge in [0.2, 0.25) is 0 Å². The summed E-state index contributed by atoms with van der Waals surface area (Å²) in [4.78, 5) is 2.29. The van der Waals surface area contributed by atoms with E-state index in [2.05, 4.69) is 71.1 Å². The highest BCUT2D eigenvalue weighted by Crippen LogP contribution is 2.41. The van der Waals surface area contributed by atoms with Crippen molar-refractivity contribution in [1.82, 2.24) is 0 Å². The highest BCUT2D eigenvalue weighted by Gasteiger charge is 2.22. The lowest BCUT2D eigenvalue weighted by Gasteiger charge is -2.25. The fourth-order valence-corrected chi connectivity index (χ4v) is 3.19. The fraction of sp³-hybridized carbons (Fsp3) is 0.125. The van der Waals surface area contributed by atoms with E-state index >= 15 is 0 Å². The Balaban J connectivity index is 1.88. The number of hydrogen-bond donors (Lipinski definition) is 1. The minimum atomic E-state index is 0.324. The van der Waals surface area contributed by atoms with E-state index in [1.807, 2.05) is 11.8 Å². The van der Waals surface area contributed by atoms with Crippen molar-refractivity contribution in [2.75, 3.05) is 4.90 Å².